The minimum atomic E-state index is 1.37. The second-order valence-corrected chi connectivity index (χ2v) is 12.2. The highest BCUT2D eigenvalue weighted by Crippen LogP contribution is 2.19. The number of hydrogen-bond donors (Lipinski definition) is 0. The van der Waals surface area contributed by atoms with E-state index in [1.807, 2.05) is 0 Å². The van der Waals surface area contributed by atoms with Crippen LogP contribution in [-0.4, -0.2) is 12.3 Å². The highest BCUT2D eigenvalue weighted by Gasteiger charge is 1.94. The molecule has 0 aromatic heterocycles. The molecule has 0 N–H and O–H groups in total. The van der Waals surface area contributed by atoms with Gasteiger partial charge in [0.25, 0.3) is 0 Å². The molecule has 0 bridgehead atoms. The SMILES string of the molecule is CCCCCCCCCCCCCCCC[P-]CCCCCCCCCCCCCCCC. The molecule has 0 aromatic carbocycles. The average Bonchev–Trinajstić information content (AvgIpc) is 2.83. The van der Waals surface area contributed by atoms with Gasteiger partial charge in [0.2, 0.25) is 0 Å². The molecule has 0 spiro atoms. The van der Waals surface area contributed by atoms with Crippen LogP contribution in [0.5, 0.6) is 0 Å². The fourth-order valence-corrected chi connectivity index (χ4v) is 6.07. The van der Waals surface area contributed by atoms with Crippen molar-refractivity contribution in [1.29, 1.82) is 0 Å². The molecular weight excluding hydrogens is 415 g/mol. The Labute approximate surface area is 214 Å². The number of unbranched alkanes of at least 4 members (excludes halogenated alkanes) is 26. The fourth-order valence-electron chi connectivity index (χ4n) is 4.95. The van der Waals surface area contributed by atoms with E-state index in [1.165, 1.54) is 192 Å². The first-order valence-corrected chi connectivity index (χ1v) is 17.3. The summed E-state index contributed by atoms with van der Waals surface area (Å²) in [5.41, 5.74) is 0. The molecule has 0 aliphatic heterocycles. The molecule has 1 heteroatoms. The van der Waals surface area contributed by atoms with E-state index in [4.69, 9.17) is 0 Å². The second-order valence-electron chi connectivity index (χ2n) is 10.9. The van der Waals surface area contributed by atoms with Gasteiger partial charge >= 0.3 is 0 Å². The summed E-state index contributed by atoms with van der Waals surface area (Å²) >= 11 is 0. The van der Waals surface area contributed by atoms with Crippen molar-refractivity contribution in [2.24, 2.45) is 0 Å². The highest BCUT2D eigenvalue weighted by atomic mass is 31.1. The molecule has 0 radical (unpaired) electrons. The number of rotatable bonds is 30. The topological polar surface area (TPSA) is 0 Å². The summed E-state index contributed by atoms with van der Waals surface area (Å²) in [4.78, 5) is 0. The van der Waals surface area contributed by atoms with Crippen LogP contribution in [-0.2, 0) is 0 Å². The third-order valence-electron chi connectivity index (χ3n) is 7.34. The smallest absolute Gasteiger partial charge is 0.0533 e. The zero-order valence-corrected chi connectivity index (χ0v) is 24.6. The van der Waals surface area contributed by atoms with E-state index in [2.05, 4.69) is 13.8 Å². The van der Waals surface area contributed by atoms with Gasteiger partial charge < -0.3 is 8.58 Å². The monoisotopic (exact) mass is 481 g/mol. The molecule has 0 saturated carbocycles. The normalized spacial score (nSPS) is 11.5. The largest absolute Gasteiger partial charge is 0.540 e. The zero-order chi connectivity index (χ0) is 23.9. The van der Waals surface area contributed by atoms with Crippen molar-refractivity contribution in [3.8, 4) is 0 Å². The van der Waals surface area contributed by atoms with Crippen LogP contribution in [0.15, 0.2) is 0 Å². The van der Waals surface area contributed by atoms with E-state index >= 15 is 0 Å². The lowest BCUT2D eigenvalue weighted by atomic mass is 10.0. The molecular formula is C32H66P-. The summed E-state index contributed by atoms with van der Waals surface area (Å²) in [6, 6.07) is 0. The number of hydrogen-bond acceptors (Lipinski definition) is 0. The first kappa shape index (κ1) is 33.4. The summed E-state index contributed by atoms with van der Waals surface area (Å²) in [7, 11) is 1.74. The van der Waals surface area contributed by atoms with Crippen LogP contribution < -0.4 is 0 Å². The van der Waals surface area contributed by atoms with Crippen LogP contribution in [0.4, 0.5) is 0 Å². The summed E-state index contributed by atoms with van der Waals surface area (Å²) < 4.78 is 0. The van der Waals surface area contributed by atoms with Crippen molar-refractivity contribution in [1.82, 2.24) is 0 Å². The van der Waals surface area contributed by atoms with Crippen LogP contribution in [0.25, 0.3) is 0 Å². The maximum absolute atomic E-state index is 2.31. The van der Waals surface area contributed by atoms with Gasteiger partial charge in [-0.25, -0.2) is 0 Å². The van der Waals surface area contributed by atoms with Gasteiger partial charge in [-0.15, -0.1) is 0 Å². The van der Waals surface area contributed by atoms with Crippen molar-refractivity contribution < 1.29 is 0 Å². The van der Waals surface area contributed by atoms with Crippen LogP contribution in [0.2, 0.25) is 0 Å². The quantitative estimate of drug-likeness (QED) is 0.0706. The van der Waals surface area contributed by atoms with Crippen molar-refractivity contribution in [3.05, 3.63) is 0 Å². The maximum atomic E-state index is 2.31. The molecule has 0 unspecified atom stereocenters. The Balaban J connectivity index is 2.99. The van der Waals surface area contributed by atoms with Crippen LogP contribution >= 0.6 is 8.58 Å². The lowest BCUT2D eigenvalue weighted by Gasteiger charge is -2.16. The molecule has 0 saturated heterocycles. The van der Waals surface area contributed by atoms with Gasteiger partial charge in [0.15, 0.2) is 0 Å². The Hall–Kier alpha value is 0.430. The van der Waals surface area contributed by atoms with E-state index < -0.39 is 0 Å². The third kappa shape index (κ3) is 32.4. The molecule has 0 fully saturated rings. The van der Waals surface area contributed by atoms with Crippen molar-refractivity contribution in [3.63, 3.8) is 0 Å². The Morgan fingerprint density at radius 1 is 0.242 bits per heavy atom. The van der Waals surface area contributed by atoms with Crippen LogP contribution in [0.3, 0.4) is 0 Å². The molecule has 33 heavy (non-hydrogen) atoms. The van der Waals surface area contributed by atoms with Crippen LogP contribution in [0.1, 0.15) is 194 Å². The standard InChI is InChI=1S/C32H66P/c1-3-5-7-9-11-13-15-17-19-21-23-25-27-29-31-33-32-30-28-26-24-22-20-18-16-14-12-10-8-6-4-2/h3-32H2,1-2H3/q-1. The van der Waals surface area contributed by atoms with Crippen molar-refractivity contribution >= 4 is 8.58 Å². The molecule has 0 amide bonds. The molecule has 0 rings (SSSR count). The highest BCUT2D eigenvalue weighted by molar-refractivity contribution is 7.37. The van der Waals surface area contributed by atoms with Crippen molar-refractivity contribution in [2.75, 3.05) is 12.3 Å². The molecule has 0 aliphatic rings. The predicted molar refractivity (Wildman–Crippen MR) is 157 cm³/mol. The Morgan fingerprint density at radius 2 is 0.424 bits per heavy atom. The first-order valence-electron chi connectivity index (χ1n) is 16.0. The first-order chi connectivity index (χ1) is 16.4. The molecule has 0 heterocycles. The fraction of sp³-hybridized carbons (Fsp3) is 1.00. The molecule has 0 aromatic rings. The molecule has 0 aliphatic carbocycles. The Morgan fingerprint density at radius 3 is 0.636 bits per heavy atom. The summed E-state index contributed by atoms with van der Waals surface area (Å²) in [5.74, 6) is 0. The van der Waals surface area contributed by atoms with E-state index in [1.54, 1.807) is 8.58 Å². The van der Waals surface area contributed by atoms with E-state index in [-0.39, 0.29) is 0 Å². The van der Waals surface area contributed by atoms with Crippen molar-refractivity contribution in [2.45, 2.75) is 194 Å². The lowest BCUT2D eigenvalue weighted by molar-refractivity contribution is 0.538. The minimum Gasteiger partial charge on any atom is -0.540 e. The van der Waals surface area contributed by atoms with Gasteiger partial charge in [0.1, 0.15) is 0 Å². The van der Waals surface area contributed by atoms with Gasteiger partial charge in [0.05, 0.1) is 0 Å². The summed E-state index contributed by atoms with van der Waals surface area (Å²) in [5, 5.41) is 0. The minimum absolute atomic E-state index is 1.37. The Bertz CT molecular complexity index is 284. The summed E-state index contributed by atoms with van der Waals surface area (Å²) in [6.45, 7) is 4.61. The molecule has 200 valence electrons. The van der Waals surface area contributed by atoms with Gasteiger partial charge in [-0.2, -0.15) is 12.3 Å². The van der Waals surface area contributed by atoms with Gasteiger partial charge in [-0.05, 0) is 0 Å². The van der Waals surface area contributed by atoms with Crippen LogP contribution in [0, 0.1) is 0 Å². The van der Waals surface area contributed by atoms with Gasteiger partial charge in [-0.3, -0.25) is 0 Å². The van der Waals surface area contributed by atoms with E-state index in [0.29, 0.717) is 0 Å². The predicted octanol–water partition coefficient (Wildman–Crippen LogP) is 12.9. The van der Waals surface area contributed by atoms with Gasteiger partial charge in [0, 0.05) is 0 Å². The van der Waals surface area contributed by atoms with Gasteiger partial charge in [-0.1, -0.05) is 194 Å². The lowest BCUT2D eigenvalue weighted by Crippen LogP contribution is -1.86. The second kappa shape index (κ2) is 32.4. The maximum Gasteiger partial charge on any atom is -0.0533 e. The summed E-state index contributed by atoms with van der Waals surface area (Å²) in [6.07, 6.45) is 44.3. The molecule has 0 nitrogen and oxygen atoms in total. The zero-order valence-electron chi connectivity index (χ0n) is 23.7. The third-order valence-corrected chi connectivity index (χ3v) is 8.60. The average molecular weight is 482 g/mol. The molecule has 0 atom stereocenters. The van der Waals surface area contributed by atoms with E-state index in [0.717, 1.165) is 0 Å². The van der Waals surface area contributed by atoms with E-state index in [9.17, 15) is 0 Å². The Kier molecular flexibility index (Phi) is 32.9.